The number of aryl methyl sites for hydroxylation is 1. The van der Waals surface area contributed by atoms with E-state index in [1.54, 1.807) is 0 Å². The molecule has 1 N–H and O–H groups in total. The van der Waals surface area contributed by atoms with Gasteiger partial charge in [0.15, 0.2) is 0 Å². The van der Waals surface area contributed by atoms with Crippen LogP contribution in [0.15, 0.2) is 24.3 Å². The predicted octanol–water partition coefficient (Wildman–Crippen LogP) is 3.82. The Labute approximate surface area is 107 Å². The van der Waals surface area contributed by atoms with Crippen LogP contribution >= 0.6 is 0 Å². The predicted molar refractivity (Wildman–Crippen MR) is 76.5 cm³/mol. The van der Waals surface area contributed by atoms with Gasteiger partial charge in [0.25, 0.3) is 0 Å². The normalized spacial score (nSPS) is 11.1. The second-order valence-corrected chi connectivity index (χ2v) is 5.27. The third-order valence-corrected chi connectivity index (χ3v) is 2.88. The Morgan fingerprint density at radius 3 is 2.59 bits per heavy atom. The van der Waals surface area contributed by atoms with Gasteiger partial charge in [-0.25, -0.2) is 0 Å². The summed E-state index contributed by atoms with van der Waals surface area (Å²) in [6.45, 7) is 9.06. The summed E-state index contributed by atoms with van der Waals surface area (Å²) in [4.78, 5) is 0. The zero-order valence-corrected chi connectivity index (χ0v) is 11.6. The van der Waals surface area contributed by atoms with Gasteiger partial charge in [0.1, 0.15) is 0 Å². The molecule has 0 aliphatic carbocycles. The van der Waals surface area contributed by atoms with Crippen molar-refractivity contribution in [1.82, 2.24) is 5.32 Å². The second-order valence-electron chi connectivity index (χ2n) is 5.27. The van der Waals surface area contributed by atoms with Crippen LogP contribution in [0.1, 0.15) is 44.7 Å². The van der Waals surface area contributed by atoms with Crippen molar-refractivity contribution < 1.29 is 0 Å². The van der Waals surface area contributed by atoms with Crippen LogP contribution in [0.2, 0.25) is 0 Å². The summed E-state index contributed by atoms with van der Waals surface area (Å²) in [5.41, 5.74) is 2.97. The van der Waals surface area contributed by atoms with Gasteiger partial charge in [-0.2, -0.15) is 0 Å². The number of nitrogens with one attached hydrogen (secondary N) is 1. The lowest BCUT2D eigenvalue weighted by atomic mass is 9.99. The summed E-state index contributed by atoms with van der Waals surface area (Å²) in [6.07, 6.45) is 4.86. The fourth-order valence-corrected chi connectivity index (χ4v) is 2.10. The van der Waals surface area contributed by atoms with Crippen molar-refractivity contribution >= 4 is 0 Å². The first-order valence-corrected chi connectivity index (χ1v) is 7.01. The maximum absolute atomic E-state index is 3.45. The summed E-state index contributed by atoms with van der Waals surface area (Å²) in [5, 5.41) is 3.45. The third kappa shape index (κ3) is 6.48. The fraction of sp³-hybridized carbons (Fsp3) is 0.625. The molecule has 1 aromatic carbocycles. The Morgan fingerprint density at radius 2 is 1.88 bits per heavy atom. The Morgan fingerprint density at radius 1 is 1.12 bits per heavy atom. The lowest BCUT2D eigenvalue weighted by Gasteiger charge is -2.08. The van der Waals surface area contributed by atoms with Gasteiger partial charge in [0.05, 0.1) is 0 Å². The highest BCUT2D eigenvalue weighted by atomic mass is 14.8. The van der Waals surface area contributed by atoms with Gasteiger partial charge in [-0.15, -0.1) is 0 Å². The molecular formula is C16H27N. The Kier molecular flexibility index (Phi) is 6.95. The van der Waals surface area contributed by atoms with E-state index in [1.165, 1.54) is 36.8 Å². The van der Waals surface area contributed by atoms with E-state index in [2.05, 4.69) is 50.4 Å². The molecule has 0 saturated carbocycles. The molecule has 1 nitrogen and oxygen atoms in total. The molecular weight excluding hydrogens is 206 g/mol. The highest BCUT2D eigenvalue weighted by Gasteiger charge is 1.99. The zero-order chi connectivity index (χ0) is 12.5. The largest absolute Gasteiger partial charge is 0.317 e. The monoisotopic (exact) mass is 233 g/mol. The molecule has 0 spiro atoms. The van der Waals surface area contributed by atoms with E-state index >= 15 is 0 Å². The van der Waals surface area contributed by atoms with E-state index in [-0.39, 0.29) is 0 Å². The van der Waals surface area contributed by atoms with Crippen LogP contribution in [-0.2, 0) is 12.8 Å². The van der Waals surface area contributed by atoms with Gasteiger partial charge in [0.2, 0.25) is 0 Å². The number of benzene rings is 1. The van der Waals surface area contributed by atoms with Gasteiger partial charge in [-0.05, 0) is 55.8 Å². The second kappa shape index (κ2) is 8.30. The maximum atomic E-state index is 3.45. The van der Waals surface area contributed by atoms with Crippen LogP contribution < -0.4 is 5.32 Å². The van der Waals surface area contributed by atoms with Crippen LogP contribution in [0.3, 0.4) is 0 Å². The average Bonchev–Trinajstić information content (AvgIpc) is 2.28. The van der Waals surface area contributed by atoms with Crippen LogP contribution in [-0.4, -0.2) is 13.1 Å². The number of hydrogen-bond donors (Lipinski definition) is 1. The van der Waals surface area contributed by atoms with Crippen molar-refractivity contribution in [3.8, 4) is 0 Å². The first kappa shape index (κ1) is 14.2. The molecule has 0 fully saturated rings. The molecule has 96 valence electrons. The first-order chi connectivity index (χ1) is 8.22. The molecule has 0 heterocycles. The minimum Gasteiger partial charge on any atom is -0.317 e. The summed E-state index contributed by atoms with van der Waals surface area (Å²) in [5.74, 6) is 0.747. The van der Waals surface area contributed by atoms with Crippen molar-refractivity contribution in [3.63, 3.8) is 0 Å². The molecule has 0 aromatic heterocycles. The smallest absolute Gasteiger partial charge is 0.00458 e. The minimum atomic E-state index is 0.747. The zero-order valence-electron chi connectivity index (χ0n) is 11.6. The van der Waals surface area contributed by atoms with Crippen molar-refractivity contribution in [2.75, 3.05) is 13.1 Å². The minimum absolute atomic E-state index is 0.747. The summed E-state index contributed by atoms with van der Waals surface area (Å²) in [6, 6.07) is 9.08. The van der Waals surface area contributed by atoms with E-state index < -0.39 is 0 Å². The molecule has 0 bridgehead atoms. The molecule has 1 rings (SSSR count). The molecule has 1 aromatic rings. The maximum Gasteiger partial charge on any atom is -0.00458 e. The van der Waals surface area contributed by atoms with E-state index in [0.717, 1.165) is 19.0 Å². The van der Waals surface area contributed by atoms with E-state index in [4.69, 9.17) is 0 Å². The summed E-state index contributed by atoms with van der Waals surface area (Å²) < 4.78 is 0. The van der Waals surface area contributed by atoms with Gasteiger partial charge in [0, 0.05) is 0 Å². The summed E-state index contributed by atoms with van der Waals surface area (Å²) in [7, 11) is 0. The van der Waals surface area contributed by atoms with Crippen LogP contribution in [0.5, 0.6) is 0 Å². The molecule has 0 atom stereocenters. The van der Waals surface area contributed by atoms with Crippen molar-refractivity contribution in [3.05, 3.63) is 35.4 Å². The lowest BCUT2D eigenvalue weighted by molar-refractivity contribution is 0.636. The highest BCUT2D eigenvalue weighted by molar-refractivity contribution is 5.23. The molecule has 0 aliphatic heterocycles. The Hall–Kier alpha value is -0.820. The van der Waals surface area contributed by atoms with Crippen molar-refractivity contribution in [2.45, 2.75) is 46.5 Å². The van der Waals surface area contributed by atoms with E-state index in [9.17, 15) is 0 Å². The fourth-order valence-electron chi connectivity index (χ4n) is 2.10. The van der Waals surface area contributed by atoms with E-state index in [0.29, 0.717) is 0 Å². The van der Waals surface area contributed by atoms with Gasteiger partial charge >= 0.3 is 0 Å². The van der Waals surface area contributed by atoms with Crippen LogP contribution in [0.4, 0.5) is 0 Å². The topological polar surface area (TPSA) is 12.0 Å². The number of rotatable bonds is 8. The third-order valence-electron chi connectivity index (χ3n) is 2.88. The molecule has 0 radical (unpaired) electrons. The molecule has 0 saturated heterocycles. The van der Waals surface area contributed by atoms with Gasteiger partial charge in [-0.1, -0.05) is 45.0 Å². The molecule has 0 amide bonds. The quantitative estimate of drug-likeness (QED) is 0.673. The van der Waals surface area contributed by atoms with Crippen molar-refractivity contribution in [2.24, 2.45) is 5.92 Å². The first-order valence-electron chi connectivity index (χ1n) is 7.01. The Bertz CT molecular complexity index is 304. The van der Waals surface area contributed by atoms with Crippen LogP contribution in [0, 0.1) is 5.92 Å². The highest BCUT2D eigenvalue weighted by Crippen LogP contribution is 2.11. The molecule has 17 heavy (non-hydrogen) atoms. The lowest BCUT2D eigenvalue weighted by Crippen LogP contribution is -2.16. The van der Waals surface area contributed by atoms with Crippen LogP contribution in [0.25, 0.3) is 0 Å². The Balaban J connectivity index is 2.32. The molecule has 0 unspecified atom stereocenters. The summed E-state index contributed by atoms with van der Waals surface area (Å²) >= 11 is 0. The van der Waals surface area contributed by atoms with E-state index in [1.807, 2.05) is 0 Å². The van der Waals surface area contributed by atoms with Gasteiger partial charge < -0.3 is 5.32 Å². The molecule has 1 heteroatoms. The standard InChI is InChI=1S/C16H27N/c1-4-10-17-11-6-9-15-7-5-8-16(13-15)12-14(2)3/h5,7-8,13-14,17H,4,6,9-12H2,1-3H3. The number of hydrogen-bond acceptors (Lipinski definition) is 1. The average molecular weight is 233 g/mol. The SMILES string of the molecule is CCCNCCCc1cccc(CC(C)C)c1. The van der Waals surface area contributed by atoms with Crippen molar-refractivity contribution in [1.29, 1.82) is 0 Å². The molecule has 0 aliphatic rings. The van der Waals surface area contributed by atoms with Gasteiger partial charge in [-0.3, -0.25) is 0 Å².